The van der Waals surface area contributed by atoms with Crippen molar-refractivity contribution in [2.45, 2.75) is 26.2 Å². The average Bonchev–Trinajstić information content (AvgIpc) is 3.46. The number of ether oxygens (including phenoxy) is 1. The normalized spacial score (nSPS) is 16.5. The van der Waals surface area contributed by atoms with Crippen molar-refractivity contribution in [3.63, 3.8) is 0 Å². The third-order valence-electron chi connectivity index (χ3n) is 9.48. The predicted molar refractivity (Wildman–Crippen MR) is 184 cm³/mol. The van der Waals surface area contributed by atoms with Crippen molar-refractivity contribution < 1.29 is 18.7 Å². The number of fused-ring (bicyclic) bond motifs is 3. The van der Waals surface area contributed by atoms with E-state index in [2.05, 4.69) is 31.2 Å². The molecule has 1 N–H and O–H groups in total. The molecule has 2 saturated heterocycles. The van der Waals surface area contributed by atoms with E-state index in [9.17, 15) is 14.0 Å². The Balaban J connectivity index is 1.01. The van der Waals surface area contributed by atoms with Gasteiger partial charge in [-0.1, -0.05) is 0 Å². The summed E-state index contributed by atoms with van der Waals surface area (Å²) in [6, 6.07) is 17.1. The summed E-state index contributed by atoms with van der Waals surface area (Å²) in [6.07, 6.45) is 7.86. The van der Waals surface area contributed by atoms with Crippen LogP contribution < -0.4 is 15.1 Å². The molecule has 48 heavy (non-hydrogen) atoms. The lowest BCUT2D eigenvalue weighted by molar-refractivity contribution is -0.000510. The molecule has 8 rings (SSSR count). The van der Waals surface area contributed by atoms with Crippen LogP contribution >= 0.6 is 11.3 Å². The lowest BCUT2D eigenvalue weighted by Gasteiger charge is -2.53. The molecule has 2 amide bonds. The fourth-order valence-corrected chi connectivity index (χ4v) is 8.12. The van der Waals surface area contributed by atoms with Gasteiger partial charge in [-0.3, -0.25) is 9.59 Å². The van der Waals surface area contributed by atoms with Crippen LogP contribution in [-0.2, 0) is 11.2 Å². The van der Waals surface area contributed by atoms with Crippen LogP contribution in [0.4, 0.5) is 21.6 Å². The third-order valence-corrected chi connectivity index (χ3v) is 10.7. The Kier molecular flexibility index (Phi) is 7.73. The Morgan fingerprint density at radius 1 is 0.979 bits per heavy atom. The van der Waals surface area contributed by atoms with Gasteiger partial charge in [0.15, 0.2) is 5.82 Å². The number of nitrogens with one attached hydrogen (secondary N) is 1. The predicted octanol–water partition coefficient (Wildman–Crippen LogP) is 6.79. The molecule has 3 aliphatic rings. The second-order valence-electron chi connectivity index (χ2n) is 12.8. The highest BCUT2D eigenvalue weighted by atomic mass is 32.1. The van der Waals surface area contributed by atoms with E-state index in [1.54, 1.807) is 71.2 Å². The largest absolute Gasteiger partial charge is 0.381 e. The van der Waals surface area contributed by atoms with Gasteiger partial charge in [-0.25, -0.2) is 19.3 Å². The van der Waals surface area contributed by atoms with Gasteiger partial charge < -0.3 is 19.9 Å². The first-order valence-corrected chi connectivity index (χ1v) is 16.9. The fourth-order valence-electron chi connectivity index (χ4n) is 6.93. The molecule has 242 valence electrons. The smallest absolute Gasteiger partial charge is 0.259 e. The molecule has 3 aliphatic heterocycles. The maximum atomic E-state index is 14.6. The summed E-state index contributed by atoms with van der Waals surface area (Å²) in [5.41, 5.74) is 5.05. The Hall–Kier alpha value is -5.00. The van der Waals surface area contributed by atoms with Crippen LogP contribution in [0.25, 0.3) is 21.1 Å². The number of hydrogen-bond acceptors (Lipinski definition) is 8. The molecule has 3 aromatic heterocycles. The van der Waals surface area contributed by atoms with E-state index >= 15 is 0 Å². The second-order valence-corrected chi connectivity index (χ2v) is 13.8. The van der Waals surface area contributed by atoms with Gasteiger partial charge in [-0.15, -0.1) is 11.3 Å². The summed E-state index contributed by atoms with van der Waals surface area (Å²) >= 11 is 1.54. The van der Waals surface area contributed by atoms with Gasteiger partial charge in [0.2, 0.25) is 0 Å². The van der Waals surface area contributed by atoms with Gasteiger partial charge in [-0.2, -0.15) is 0 Å². The number of carbonyl (C=O) groups excluding carboxylic acids is 2. The molecule has 6 heterocycles. The number of benzene rings is 2. The molecular weight excluding hydrogens is 628 g/mol. The van der Waals surface area contributed by atoms with Crippen LogP contribution in [-0.4, -0.2) is 59.6 Å². The van der Waals surface area contributed by atoms with Crippen molar-refractivity contribution in [1.82, 2.24) is 15.0 Å². The van der Waals surface area contributed by atoms with Crippen LogP contribution in [0, 0.1) is 18.2 Å². The van der Waals surface area contributed by atoms with Crippen molar-refractivity contribution in [2.24, 2.45) is 5.41 Å². The number of pyridine rings is 1. The Bertz CT molecular complexity index is 2020. The van der Waals surface area contributed by atoms with E-state index in [0.717, 1.165) is 65.6 Å². The molecule has 0 bridgehead atoms. The highest BCUT2D eigenvalue weighted by Gasteiger charge is 2.45. The van der Waals surface area contributed by atoms with Crippen LogP contribution in [0.5, 0.6) is 0 Å². The highest BCUT2D eigenvalue weighted by molar-refractivity contribution is 7.19. The molecule has 0 saturated carbocycles. The summed E-state index contributed by atoms with van der Waals surface area (Å²) in [5.74, 6) is 0.412. The van der Waals surface area contributed by atoms with E-state index in [0.29, 0.717) is 47.1 Å². The number of anilines is 3. The molecule has 0 aliphatic carbocycles. The summed E-state index contributed by atoms with van der Waals surface area (Å²) in [6.45, 7) is 5.59. The molecule has 2 fully saturated rings. The zero-order valence-electron chi connectivity index (χ0n) is 26.4. The number of aromatic nitrogens is 3. The molecule has 5 aromatic rings. The zero-order chi connectivity index (χ0) is 32.8. The molecule has 0 radical (unpaired) electrons. The number of halogens is 1. The zero-order valence-corrected chi connectivity index (χ0v) is 27.2. The Morgan fingerprint density at radius 2 is 1.75 bits per heavy atom. The average molecular weight is 661 g/mol. The topological polar surface area (TPSA) is 101 Å². The fraction of sp³-hybridized carbons (Fsp3) is 0.270. The van der Waals surface area contributed by atoms with Crippen molar-refractivity contribution in [3.8, 4) is 21.1 Å². The lowest BCUT2D eigenvalue weighted by atomic mass is 9.73. The van der Waals surface area contributed by atoms with E-state index in [1.807, 2.05) is 13.0 Å². The number of carbonyl (C=O) groups is 2. The van der Waals surface area contributed by atoms with Crippen molar-refractivity contribution >= 4 is 40.3 Å². The SMILES string of the molecule is Cc1cnc(N2CC3(CCOCC3)C2)c(C(=O)Nc2ccc(C(=O)N3CCc4cc(-c5ncccn5)sc4-c4ccc(F)cc43)cc2)c1. The molecule has 0 atom stereocenters. The van der Waals surface area contributed by atoms with Crippen LogP contribution in [0.2, 0.25) is 0 Å². The van der Waals surface area contributed by atoms with Crippen LogP contribution in [0.1, 0.15) is 44.7 Å². The van der Waals surface area contributed by atoms with Gasteiger partial charge in [0.25, 0.3) is 11.8 Å². The first kappa shape index (κ1) is 30.3. The lowest BCUT2D eigenvalue weighted by Crippen LogP contribution is -2.59. The third kappa shape index (κ3) is 5.62. The van der Waals surface area contributed by atoms with E-state index in [1.165, 1.54) is 12.1 Å². The van der Waals surface area contributed by atoms with Crippen LogP contribution in [0.15, 0.2) is 79.3 Å². The van der Waals surface area contributed by atoms with Crippen LogP contribution in [0.3, 0.4) is 0 Å². The number of amides is 2. The minimum absolute atomic E-state index is 0.242. The summed E-state index contributed by atoms with van der Waals surface area (Å²) < 4.78 is 20.2. The Morgan fingerprint density at radius 3 is 2.52 bits per heavy atom. The summed E-state index contributed by atoms with van der Waals surface area (Å²) in [5, 5.41) is 3.00. The summed E-state index contributed by atoms with van der Waals surface area (Å²) in [7, 11) is 0. The first-order valence-electron chi connectivity index (χ1n) is 16.1. The maximum absolute atomic E-state index is 14.6. The molecule has 11 heteroatoms. The number of rotatable bonds is 5. The molecule has 0 unspecified atom stereocenters. The van der Waals surface area contributed by atoms with Gasteiger partial charge >= 0.3 is 0 Å². The molecule has 1 spiro atoms. The minimum Gasteiger partial charge on any atom is -0.381 e. The van der Waals surface area contributed by atoms with Crippen molar-refractivity contribution in [2.75, 3.05) is 48.0 Å². The summed E-state index contributed by atoms with van der Waals surface area (Å²) in [4.78, 5) is 46.6. The van der Waals surface area contributed by atoms with Gasteiger partial charge in [-0.05, 0) is 98.0 Å². The van der Waals surface area contributed by atoms with Gasteiger partial charge in [0.05, 0.1) is 16.1 Å². The monoisotopic (exact) mass is 660 g/mol. The molecule has 9 nitrogen and oxygen atoms in total. The molecular formula is C37H33FN6O3S. The number of thiophene rings is 1. The Labute approximate surface area is 281 Å². The highest BCUT2D eigenvalue weighted by Crippen LogP contribution is 2.45. The van der Waals surface area contributed by atoms with Gasteiger partial charge in [0.1, 0.15) is 11.6 Å². The minimum atomic E-state index is -0.414. The van der Waals surface area contributed by atoms with Gasteiger partial charge in [0, 0.05) is 78.5 Å². The van der Waals surface area contributed by atoms with E-state index in [4.69, 9.17) is 4.74 Å². The number of aryl methyl sites for hydroxylation is 1. The molecule has 2 aromatic carbocycles. The van der Waals surface area contributed by atoms with Crippen molar-refractivity contribution in [1.29, 1.82) is 0 Å². The maximum Gasteiger partial charge on any atom is 0.259 e. The first-order chi connectivity index (χ1) is 23.4. The number of nitrogens with zero attached hydrogens (tertiary/aromatic N) is 5. The number of hydrogen-bond donors (Lipinski definition) is 1. The second kappa shape index (κ2) is 12.2. The quantitative estimate of drug-likeness (QED) is 0.222. The van der Waals surface area contributed by atoms with Crippen molar-refractivity contribution in [3.05, 3.63) is 107 Å². The standard InChI is InChI=1S/C37H33FN6O3S/c1-23-17-29(34(41-20-23)43-21-37(22-43)10-15-47-16-11-37)35(45)42-27-6-3-24(4-7-27)36(46)44-14-9-25-18-31(33-39-12-2-13-40-33)48-32(25)28-8-5-26(38)19-30(28)44/h2-8,12-13,17-20H,9-11,14-16,21-22H2,1H3,(H,42,45). The van der Waals surface area contributed by atoms with E-state index < -0.39 is 5.82 Å². The van der Waals surface area contributed by atoms with E-state index in [-0.39, 0.29) is 17.2 Å².